The maximum Gasteiger partial charge on any atom is 0.407 e. The predicted octanol–water partition coefficient (Wildman–Crippen LogP) is 2.70. The lowest BCUT2D eigenvalue weighted by atomic mass is 10.0. The third-order valence-electron chi connectivity index (χ3n) is 8.13. The lowest BCUT2D eigenvalue weighted by Gasteiger charge is -2.47. The summed E-state index contributed by atoms with van der Waals surface area (Å²) >= 11 is 0. The van der Waals surface area contributed by atoms with Gasteiger partial charge in [-0.15, -0.1) is 0 Å². The minimum Gasteiger partial charge on any atom is -0.474 e. The van der Waals surface area contributed by atoms with Crippen LogP contribution in [-0.4, -0.2) is 114 Å². The highest BCUT2D eigenvalue weighted by molar-refractivity contribution is 5.97. The van der Waals surface area contributed by atoms with E-state index in [1.54, 1.807) is 23.2 Å². The van der Waals surface area contributed by atoms with Gasteiger partial charge in [0.05, 0.1) is 25.8 Å². The molecule has 40 heavy (non-hydrogen) atoms. The average Bonchev–Trinajstić information content (AvgIpc) is 2.92. The Hall–Kier alpha value is -3.28. The van der Waals surface area contributed by atoms with Crippen molar-refractivity contribution in [2.75, 3.05) is 57.4 Å². The Kier molecular flexibility index (Phi) is 8.53. The lowest BCUT2D eigenvalue weighted by Crippen LogP contribution is -2.64. The molecule has 0 bridgehead atoms. The van der Waals surface area contributed by atoms with E-state index in [0.717, 1.165) is 17.7 Å². The van der Waals surface area contributed by atoms with Crippen molar-refractivity contribution >= 4 is 17.7 Å². The number of carbonyl (C=O) groups is 2. The Balaban J connectivity index is 1.36. The first-order valence-corrected chi connectivity index (χ1v) is 13.9. The number of amides is 2. The summed E-state index contributed by atoms with van der Waals surface area (Å²) in [5.74, 6) is 0.0528. The zero-order valence-corrected chi connectivity index (χ0v) is 23.3. The van der Waals surface area contributed by atoms with Gasteiger partial charge in [-0.05, 0) is 56.5 Å². The van der Waals surface area contributed by atoms with Crippen LogP contribution in [0.1, 0.15) is 31.9 Å². The van der Waals surface area contributed by atoms with Crippen molar-refractivity contribution in [2.24, 2.45) is 0 Å². The maximum absolute atomic E-state index is 14.0. The van der Waals surface area contributed by atoms with E-state index >= 15 is 0 Å². The zero-order valence-electron chi connectivity index (χ0n) is 23.3. The number of rotatable bonds is 6. The zero-order chi connectivity index (χ0) is 28.4. The number of aromatic nitrogens is 1. The van der Waals surface area contributed by atoms with Crippen LogP contribution < -0.4 is 9.64 Å². The number of fused-ring (bicyclic) bond motifs is 1. The standard InChI is InChI=1S/C29H38FN5O5/c1-19-13-33(25(15-34(19)29(37)38)14-32-8-9-39-17-20(32)2)16-27(36)35-21(3)18-40-28-26(35)11-23(12-31-28)10-22-4-6-24(30)7-5-22/h4-7,11-12,19-21,25H,8-10,13-18H2,1-3H3,(H,37,38)/t19-,20?,21?,25+/m1/s1. The van der Waals surface area contributed by atoms with Gasteiger partial charge in [0.25, 0.3) is 0 Å². The molecular weight excluding hydrogens is 517 g/mol. The summed E-state index contributed by atoms with van der Waals surface area (Å²) in [6, 6.07) is 7.94. The van der Waals surface area contributed by atoms with Crippen LogP contribution in [0.3, 0.4) is 0 Å². The number of carbonyl (C=O) groups excluding carboxylic acids is 1. The molecule has 2 unspecified atom stereocenters. The van der Waals surface area contributed by atoms with Gasteiger partial charge in [-0.3, -0.25) is 14.6 Å². The monoisotopic (exact) mass is 555 g/mol. The molecule has 11 heteroatoms. The molecule has 1 N–H and O–H groups in total. The number of pyridine rings is 1. The van der Waals surface area contributed by atoms with Crippen LogP contribution in [0.5, 0.6) is 5.88 Å². The molecule has 4 atom stereocenters. The molecule has 10 nitrogen and oxygen atoms in total. The van der Waals surface area contributed by atoms with Gasteiger partial charge >= 0.3 is 6.09 Å². The van der Waals surface area contributed by atoms with Crippen molar-refractivity contribution in [3.63, 3.8) is 0 Å². The predicted molar refractivity (Wildman–Crippen MR) is 147 cm³/mol. The summed E-state index contributed by atoms with van der Waals surface area (Å²) in [5.41, 5.74) is 2.46. The van der Waals surface area contributed by atoms with Gasteiger partial charge < -0.3 is 24.4 Å². The van der Waals surface area contributed by atoms with Crippen molar-refractivity contribution in [3.8, 4) is 5.88 Å². The number of nitrogens with zero attached hydrogens (tertiary/aromatic N) is 5. The van der Waals surface area contributed by atoms with E-state index in [9.17, 15) is 19.1 Å². The van der Waals surface area contributed by atoms with Crippen LogP contribution in [0.15, 0.2) is 36.5 Å². The molecule has 0 radical (unpaired) electrons. The summed E-state index contributed by atoms with van der Waals surface area (Å²) in [4.78, 5) is 38.1. The minimum absolute atomic E-state index is 0.0752. The summed E-state index contributed by atoms with van der Waals surface area (Å²) < 4.78 is 24.8. The molecule has 4 heterocycles. The Morgan fingerprint density at radius 3 is 2.52 bits per heavy atom. The third-order valence-corrected chi connectivity index (χ3v) is 8.13. The lowest BCUT2D eigenvalue weighted by molar-refractivity contribution is -0.122. The van der Waals surface area contributed by atoms with Gasteiger partial charge in [-0.2, -0.15) is 0 Å². The van der Waals surface area contributed by atoms with Crippen molar-refractivity contribution < 1.29 is 28.6 Å². The summed E-state index contributed by atoms with van der Waals surface area (Å²) in [6.07, 6.45) is 1.34. The molecule has 3 aliphatic heterocycles. The van der Waals surface area contributed by atoms with Gasteiger partial charge in [0, 0.05) is 50.5 Å². The van der Waals surface area contributed by atoms with E-state index < -0.39 is 6.09 Å². The minimum atomic E-state index is -0.936. The number of morpholine rings is 1. The van der Waals surface area contributed by atoms with E-state index in [4.69, 9.17) is 9.47 Å². The topological polar surface area (TPSA) is 98.7 Å². The second-order valence-electron chi connectivity index (χ2n) is 11.2. The number of anilines is 1. The molecule has 0 spiro atoms. The molecule has 2 amide bonds. The van der Waals surface area contributed by atoms with Crippen LogP contribution in [0, 0.1) is 5.82 Å². The molecular formula is C29H38FN5O5. The Morgan fingerprint density at radius 1 is 1.02 bits per heavy atom. The van der Waals surface area contributed by atoms with Crippen molar-refractivity contribution in [1.29, 1.82) is 0 Å². The van der Waals surface area contributed by atoms with E-state index in [1.165, 1.54) is 17.0 Å². The molecule has 0 aliphatic carbocycles. The summed E-state index contributed by atoms with van der Waals surface area (Å²) in [5, 5.41) is 9.80. The average molecular weight is 556 g/mol. The number of hydrogen-bond donors (Lipinski definition) is 1. The van der Waals surface area contributed by atoms with Gasteiger partial charge in [-0.1, -0.05) is 12.1 Å². The number of ether oxygens (including phenoxy) is 2. The number of hydrogen-bond acceptors (Lipinski definition) is 7. The molecule has 1 aromatic carbocycles. The SMILES string of the molecule is CC1COCCN1C[C@H]1CN(C(=O)O)[C@H](C)CN1CC(=O)N1c2cc(Cc3ccc(F)cc3)cnc2OCC1C. The molecule has 1 aromatic heterocycles. The van der Waals surface area contributed by atoms with E-state index in [1.807, 2.05) is 19.9 Å². The first kappa shape index (κ1) is 28.3. The first-order chi connectivity index (χ1) is 19.2. The van der Waals surface area contributed by atoms with E-state index in [0.29, 0.717) is 57.4 Å². The quantitative estimate of drug-likeness (QED) is 0.581. The summed E-state index contributed by atoms with van der Waals surface area (Å²) in [7, 11) is 0. The summed E-state index contributed by atoms with van der Waals surface area (Å²) in [6.45, 7) is 9.97. The van der Waals surface area contributed by atoms with Gasteiger partial charge in [0.2, 0.25) is 11.8 Å². The van der Waals surface area contributed by atoms with Gasteiger partial charge in [-0.25, -0.2) is 14.2 Å². The molecule has 2 saturated heterocycles. The molecule has 216 valence electrons. The fraction of sp³-hybridized carbons (Fsp3) is 0.552. The Morgan fingerprint density at radius 2 is 1.80 bits per heavy atom. The van der Waals surface area contributed by atoms with Crippen molar-refractivity contribution in [1.82, 2.24) is 19.7 Å². The van der Waals surface area contributed by atoms with Crippen molar-refractivity contribution in [2.45, 2.75) is 51.4 Å². The van der Waals surface area contributed by atoms with Crippen LogP contribution in [0.25, 0.3) is 0 Å². The molecule has 0 saturated carbocycles. The van der Waals surface area contributed by atoms with Crippen LogP contribution in [0.2, 0.25) is 0 Å². The number of carboxylic acid groups (broad SMARTS) is 1. The molecule has 5 rings (SSSR count). The number of halogens is 1. The van der Waals surface area contributed by atoms with Crippen LogP contribution in [0.4, 0.5) is 14.9 Å². The number of benzene rings is 1. The molecule has 2 aromatic rings. The number of piperazine rings is 1. The normalized spacial score (nSPS) is 25.8. The third kappa shape index (κ3) is 6.21. The van der Waals surface area contributed by atoms with Crippen molar-refractivity contribution in [3.05, 3.63) is 53.5 Å². The Bertz CT molecular complexity index is 1210. The van der Waals surface area contributed by atoms with Crippen LogP contribution in [-0.2, 0) is 16.0 Å². The maximum atomic E-state index is 14.0. The highest BCUT2D eigenvalue weighted by atomic mass is 19.1. The fourth-order valence-electron chi connectivity index (χ4n) is 5.89. The van der Waals surface area contributed by atoms with Crippen LogP contribution >= 0.6 is 0 Å². The first-order valence-electron chi connectivity index (χ1n) is 13.9. The highest BCUT2D eigenvalue weighted by Gasteiger charge is 2.39. The molecule has 3 aliphatic rings. The molecule has 2 fully saturated rings. The van der Waals surface area contributed by atoms with E-state index in [2.05, 4.69) is 21.7 Å². The van der Waals surface area contributed by atoms with Gasteiger partial charge in [0.15, 0.2) is 0 Å². The fourth-order valence-corrected chi connectivity index (χ4v) is 5.89. The smallest absolute Gasteiger partial charge is 0.407 e. The van der Waals surface area contributed by atoms with Gasteiger partial charge in [0.1, 0.15) is 18.1 Å². The second-order valence-corrected chi connectivity index (χ2v) is 11.2. The Labute approximate surface area is 234 Å². The van der Waals surface area contributed by atoms with E-state index in [-0.39, 0.29) is 42.4 Å². The second kappa shape index (κ2) is 12.1. The largest absolute Gasteiger partial charge is 0.474 e. The highest BCUT2D eigenvalue weighted by Crippen LogP contribution is 2.34.